The number of carbonyl (C=O) groups is 1. The first-order valence-corrected chi connectivity index (χ1v) is 10.6. The molecule has 0 aromatic rings. The molecule has 6 heteroatoms. The van der Waals surface area contributed by atoms with E-state index in [-0.39, 0.29) is 11.1 Å². The van der Waals surface area contributed by atoms with Crippen LogP contribution in [0.15, 0.2) is 0 Å². The lowest BCUT2D eigenvalue weighted by Gasteiger charge is -2.42. The van der Waals surface area contributed by atoms with Crippen LogP contribution in [0.3, 0.4) is 0 Å². The van der Waals surface area contributed by atoms with Crippen LogP contribution < -0.4 is 0 Å². The second kappa shape index (κ2) is 6.71. The van der Waals surface area contributed by atoms with Crippen LogP contribution in [0, 0.1) is 0 Å². The van der Waals surface area contributed by atoms with Crippen molar-refractivity contribution in [1.29, 1.82) is 0 Å². The Labute approximate surface area is 130 Å². The van der Waals surface area contributed by atoms with Crippen molar-refractivity contribution in [2.24, 2.45) is 0 Å². The second-order valence-electron chi connectivity index (χ2n) is 7.75. The van der Waals surface area contributed by atoms with Gasteiger partial charge >= 0.3 is 6.09 Å². The molecule has 1 N–H and O–H groups in total. The molecule has 0 saturated carbocycles. The van der Waals surface area contributed by atoms with E-state index >= 15 is 0 Å². The standard InChI is InChI=1S/C14H31NO3SSi/c1-13(2,3)15(12(16)17)9-11(10-19)18-20(7,8)14(4,5)6/h11,19H,9-10H2,1-8H3,(H,16,17)/t11-/m1/s1. The summed E-state index contributed by atoms with van der Waals surface area (Å²) in [6, 6.07) is 0. The van der Waals surface area contributed by atoms with Crippen LogP contribution in [0.25, 0.3) is 0 Å². The van der Waals surface area contributed by atoms with E-state index in [1.807, 2.05) is 20.8 Å². The van der Waals surface area contributed by atoms with Crippen LogP contribution in [-0.2, 0) is 4.43 Å². The number of thiol groups is 1. The molecule has 0 aliphatic rings. The first-order valence-electron chi connectivity index (χ1n) is 7.01. The van der Waals surface area contributed by atoms with Gasteiger partial charge in [-0.3, -0.25) is 0 Å². The fraction of sp³-hybridized carbons (Fsp3) is 0.929. The second-order valence-corrected chi connectivity index (χ2v) is 12.9. The highest BCUT2D eigenvalue weighted by Gasteiger charge is 2.40. The smallest absolute Gasteiger partial charge is 0.407 e. The van der Waals surface area contributed by atoms with Crippen molar-refractivity contribution < 1.29 is 14.3 Å². The SMILES string of the molecule is CC(C)(C)N(C[C@H](CS)O[Si](C)(C)C(C)(C)C)C(=O)O. The van der Waals surface area contributed by atoms with Gasteiger partial charge in [-0.15, -0.1) is 0 Å². The molecule has 1 atom stereocenters. The summed E-state index contributed by atoms with van der Waals surface area (Å²) >= 11 is 4.34. The van der Waals surface area contributed by atoms with Crippen molar-refractivity contribution in [1.82, 2.24) is 4.90 Å². The number of carboxylic acid groups (broad SMARTS) is 1. The molecule has 0 unspecified atom stereocenters. The number of hydrogen-bond donors (Lipinski definition) is 2. The minimum absolute atomic E-state index is 0.101. The van der Waals surface area contributed by atoms with Gasteiger partial charge in [-0.2, -0.15) is 12.6 Å². The minimum atomic E-state index is -1.92. The Kier molecular flexibility index (Phi) is 6.64. The van der Waals surface area contributed by atoms with E-state index in [1.54, 1.807) is 0 Å². The summed E-state index contributed by atoms with van der Waals surface area (Å²) in [6.45, 7) is 16.9. The molecule has 0 aromatic carbocycles. The third-order valence-electron chi connectivity index (χ3n) is 3.90. The van der Waals surface area contributed by atoms with Crippen molar-refractivity contribution in [3.05, 3.63) is 0 Å². The Morgan fingerprint density at radius 3 is 1.95 bits per heavy atom. The van der Waals surface area contributed by atoms with E-state index in [4.69, 9.17) is 4.43 Å². The molecular formula is C14H31NO3SSi. The molecule has 120 valence electrons. The van der Waals surface area contributed by atoms with Crippen LogP contribution in [0.4, 0.5) is 4.79 Å². The Morgan fingerprint density at radius 1 is 1.25 bits per heavy atom. The largest absolute Gasteiger partial charge is 0.465 e. The third-order valence-corrected chi connectivity index (χ3v) is 8.84. The molecular weight excluding hydrogens is 290 g/mol. The first-order chi connectivity index (χ1) is 8.72. The number of amides is 1. The Bertz CT molecular complexity index is 334. The summed E-state index contributed by atoms with van der Waals surface area (Å²) in [5.41, 5.74) is -0.441. The molecule has 0 heterocycles. The predicted octanol–water partition coefficient (Wildman–Crippen LogP) is 4.09. The maximum absolute atomic E-state index is 11.4. The maximum Gasteiger partial charge on any atom is 0.407 e. The van der Waals surface area contributed by atoms with Gasteiger partial charge in [0.05, 0.1) is 12.6 Å². The van der Waals surface area contributed by atoms with Crippen molar-refractivity contribution in [2.75, 3.05) is 12.3 Å². The van der Waals surface area contributed by atoms with Gasteiger partial charge in [0.2, 0.25) is 0 Å². The van der Waals surface area contributed by atoms with Gasteiger partial charge in [-0.25, -0.2) is 4.79 Å². The Morgan fingerprint density at radius 2 is 1.70 bits per heavy atom. The van der Waals surface area contributed by atoms with E-state index in [1.165, 1.54) is 4.90 Å². The number of hydrogen-bond acceptors (Lipinski definition) is 3. The fourth-order valence-corrected chi connectivity index (χ4v) is 3.24. The molecule has 1 amide bonds. The summed E-state index contributed by atoms with van der Waals surface area (Å²) in [6.07, 6.45) is -1.09. The van der Waals surface area contributed by atoms with Gasteiger partial charge in [0, 0.05) is 11.3 Å². The third kappa shape index (κ3) is 5.66. The number of nitrogens with zero attached hydrogens (tertiary/aromatic N) is 1. The normalized spacial score (nSPS) is 15.1. The van der Waals surface area contributed by atoms with Crippen molar-refractivity contribution in [3.63, 3.8) is 0 Å². The van der Waals surface area contributed by atoms with Gasteiger partial charge in [0.1, 0.15) is 0 Å². The summed E-state index contributed by atoms with van der Waals surface area (Å²) in [5, 5.41) is 9.47. The van der Waals surface area contributed by atoms with Crippen LogP contribution in [-0.4, -0.2) is 48.4 Å². The van der Waals surface area contributed by atoms with Gasteiger partial charge in [-0.1, -0.05) is 20.8 Å². The summed E-state index contributed by atoms with van der Waals surface area (Å²) in [4.78, 5) is 12.8. The van der Waals surface area contributed by atoms with E-state index in [0.29, 0.717) is 12.3 Å². The van der Waals surface area contributed by atoms with E-state index in [2.05, 4.69) is 46.5 Å². The average molecular weight is 322 g/mol. The monoisotopic (exact) mass is 321 g/mol. The molecule has 0 bridgehead atoms. The number of rotatable bonds is 5. The Balaban J connectivity index is 4.99. The molecule has 0 saturated heterocycles. The fourth-order valence-electron chi connectivity index (χ4n) is 1.57. The molecule has 0 fully saturated rings. The summed E-state index contributed by atoms with van der Waals surface area (Å²) in [7, 11) is -1.92. The molecule has 4 nitrogen and oxygen atoms in total. The molecule has 20 heavy (non-hydrogen) atoms. The van der Waals surface area contributed by atoms with Crippen molar-refractivity contribution in [3.8, 4) is 0 Å². The highest BCUT2D eigenvalue weighted by Crippen LogP contribution is 2.37. The van der Waals surface area contributed by atoms with E-state index in [0.717, 1.165) is 0 Å². The van der Waals surface area contributed by atoms with Gasteiger partial charge in [0.25, 0.3) is 0 Å². The quantitative estimate of drug-likeness (QED) is 0.592. The van der Waals surface area contributed by atoms with Crippen LogP contribution in [0.2, 0.25) is 18.1 Å². The zero-order valence-corrected chi connectivity index (χ0v) is 16.0. The Hall–Kier alpha value is -0.203. The highest BCUT2D eigenvalue weighted by molar-refractivity contribution is 7.80. The lowest BCUT2D eigenvalue weighted by Crippen LogP contribution is -2.52. The molecule has 0 radical (unpaired) electrons. The maximum atomic E-state index is 11.4. The van der Waals surface area contributed by atoms with Gasteiger partial charge < -0.3 is 14.4 Å². The zero-order chi connectivity index (χ0) is 16.4. The minimum Gasteiger partial charge on any atom is -0.465 e. The molecule has 0 aliphatic carbocycles. The lowest BCUT2D eigenvalue weighted by molar-refractivity contribution is 0.0669. The van der Waals surface area contributed by atoms with Crippen LogP contribution >= 0.6 is 12.6 Å². The van der Waals surface area contributed by atoms with Crippen molar-refractivity contribution >= 4 is 27.0 Å². The topological polar surface area (TPSA) is 49.8 Å². The van der Waals surface area contributed by atoms with Crippen LogP contribution in [0.5, 0.6) is 0 Å². The lowest BCUT2D eigenvalue weighted by atomic mass is 10.1. The van der Waals surface area contributed by atoms with Gasteiger partial charge in [-0.05, 0) is 38.9 Å². The van der Waals surface area contributed by atoms with Gasteiger partial charge in [0.15, 0.2) is 8.32 Å². The molecule has 0 rings (SSSR count). The average Bonchev–Trinajstić information content (AvgIpc) is 2.19. The highest BCUT2D eigenvalue weighted by atomic mass is 32.1. The summed E-state index contributed by atoms with van der Waals surface area (Å²) < 4.78 is 6.28. The van der Waals surface area contributed by atoms with Crippen molar-refractivity contribution in [2.45, 2.75) is 71.3 Å². The van der Waals surface area contributed by atoms with E-state index in [9.17, 15) is 9.90 Å². The molecule has 0 aliphatic heterocycles. The molecule has 0 aromatic heterocycles. The van der Waals surface area contributed by atoms with E-state index < -0.39 is 19.9 Å². The molecule has 0 spiro atoms. The zero-order valence-electron chi connectivity index (χ0n) is 14.1. The summed E-state index contributed by atoms with van der Waals surface area (Å²) in [5.74, 6) is 0.520. The van der Waals surface area contributed by atoms with Crippen LogP contribution in [0.1, 0.15) is 41.5 Å². The first kappa shape index (κ1) is 19.8. The predicted molar refractivity (Wildman–Crippen MR) is 90.4 cm³/mol.